The summed E-state index contributed by atoms with van der Waals surface area (Å²) >= 11 is 0. The van der Waals surface area contributed by atoms with Crippen molar-refractivity contribution < 1.29 is 23.8 Å². The number of unbranched alkanes of at least 4 members (excludes halogenated alkanes) is 1. The number of esters is 2. The monoisotopic (exact) mass is 294 g/mol. The summed E-state index contributed by atoms with van der Waals surface area (Å²) in [5.74, 6) is 0.0678. The lowest BCUT2D eigenvalue weighted by Crippen LogP contribution is -2.06. The fraction of sp³-hybridized carbons (Fsp3) is 0.500. The van der Waals surface area contributed by atoms with E-state index in [1.807, 2.05) is 19.1 Å². The van der Waals surface area contributed by atoms with Gasteiger partial charge in [0.2, 0.25) is 0 Å². The van der Waals surface area contributed by atoms with Crippen molar-refractivity contribution in [2.24, 2.45) is 0 Å². The maximum absolute atomic E-state index is 11.6. The van der Waals surface area contributed by atoms with E-state index in [0.717, 1.165) is 12.0 Å². The molecule has 0 heterocycles. The molecule has 0 unspecified atom stereocenters. The van der Waals surface area contributed by atoms with Crippen LogP contribution in [0.2, 0.25) is 0 Å². The molecule has 5 heteroatoms. The molecule has 1 aromatic carbocycles. The van der Waals surface area contributed by atoms with Gasteiger partial charge in [0.15, 0.2) is 0 Å². The molecule has 0 aliphatic rings. The third-order valence-electron chi connectivity index (χ3n) is 2.96. The zero-order chi connectivity index (χ0) is 15.7. The molecular formula is C16H22O5. The Kier molecular flexibility index (Phi) is 7.29. The first-order chi connectivity index (χ1) is 10.1. The summed E-state index contributed by atoms with van der Waals surface area (Å²) in [6, 6.07) is 5.31. The number of aryl methyl sites for hydroxylation is 1. The predicted molar refractivity (Wildman–Crippen MR) is 78.5 cm³/mol. The minimum absolute atomic E-state index is 0.180. The lowest BCUT2D eigenvalue weighted by Gasteiger charge is -2.09. The number of benzene rings is 1. The number of methoxy groups -OCH3 is 1. The Balaban J connectivity index is 2.39. The predicted octanol–water partition coefficient (Wildman–Crippen LogP) is 2.89. The van der Waals surface area contributed by atoms with E-state index in [9.17, 15) is 9.59 Å². The van der Waals surface area contributed by atoms with Gasteiger partial charge in [0.1, 0.15) is 5.75 Å². The van der Waals surface area contributed by atoms with Gasteiger partial charge in [-0.05, 0) is 44.4 Å². The van der Waals surface area contributed by atoms with E-state index in [-0.39, 0.29) is 11.9 Å². The van der Waals surface area contributed by atoms with Gasteiger partial charge < -0.3 is 14.2 Å². The highest BCUT2D eigenvalue weighted by atomic mass is 16.5. The summed E-state index contributed by atoms with van der Waals surface area (Å²) < 4.78 is 15.1. The molecule has 5 nitrogen and oxygen atoms in total. The molecule has 0 spiro atoms. The minimum Gasteiger partial charge on any atom is -0.494 e. The molecule has 0 aliphatic carbocycles. The number of ether oxygens (including phenoxy) is 3. The Morgan fingerprint density at radius 3 is 2.62 bits per heavy atom. The molecule has 0 aliphatic heterocycles. The van der Waals surface area contributed by atoms with Crippen LogP contribution in [0.15, 0.2) is 18.2 Å². The Morgan fingerprint density at radius 1 is 1.19 bits per heavy atom. The summed E-state index contributed by atoms with van der Waals surface area (Å²) in [6.07, 6.45) is 1.87. The van der Waals surface area contributed by atoms with Crippen molar-refractivity contribution in [2.45, 2.75) is 33.1 Å². The molecule has 0 N–H and O–H groups in total. The van der Waals surface area contributed by atoms with Crippen LogP contribution in [0.25, 0.3) is 0 Å². The van der Waals surface area contributed by atoms with Crippen LogP contribution in [-0.4, -0.2) is 32.3 Å². The third kappa shape index (κ3) is 5.85. The van der Waals surface area contributed by atoms with Gasteiger partial charge in [-0.3, -0.25) is 4.79 Å². The summed E-state index contributed by atoms with van der Waals surface area (Å²) in [5, 5.41) is 0. The van der Waals surface area contributed by atoms with Crippen molar-refractivity contribution in [1.82, 2.24) is 0 Å². The highest BCUT2D eigenvalue weighted by Crippen LogP contribution is 2.18. The molecule has 0 saturated heterocycles. The van der Waals surface area contributed by atoms with Crippen molar-refractivity contribution in [3.63, 3.8) is 0 Å². The van der Waals surface area contributed by atoms with Gasteiger partial charge in [0.05, 0.1) is 25.9 Å². The van der Waals surface area contributed by atoms with Crippen LogP contribution in [-0.2, 0) is 14.3 Å². The zero-order valence-corrected chi connectivity index (χ0v) is 12.8. The molecule has 116 valence electrons. The largest absolute Gasteiger partial charge is 0.494 e. The van der Waals surface area contributed by atoms with Crippen molar-refractivity contribution in [2.75, 3.05) is 20.3 Å². The Bertz CT molecular complexity index is 482. The van der Waals surface area contributed by atoms with Crippen molar-refractivity contribution in [3.8, 4) is 5.75 Å². The van der Waals surface area contributed by atoms with Gasteiger partial charge in [-0.2, -0.15) is 0 Å². The van der Waals surface area contributed by atoms with Crippen LogP contribution in [0.4, 0.5) is 0 Å². The van der Waals surface area contributed by atoms with Crippen molar-refractivity contribution in [3.05, 3.63) is 29.3 Å². The molecule has 0 aromatic heterocycles. The Hall–Kier alpha value is -2.04. The maximum atomic E-state index is 11.6. The fourth-order valence-electron chi connectivity index (χ4n) is 1.82. The van der Waals surface area contributed by atoms with Gasteiger partial charge in [-0.15, -0.1) is 0 Å². The van der Waals surface area contributed by atoms with Crippen molar-refractivity contribution >= 4 is 11.9 Å². The molecule has 0 atom stereocenters. The van der Waals surface area contributed by atoms with Crippen LogP contribution in [0, 0.1) is 6.92 Å². The van der Waals surface area contributed by atoms with E-state index in [4.69, 9.17) is 14.2 Å². The van der Waals surface area contributed by atoms with Crippen LogP contribution in [0.5, 0.6) is 5.75 Å². The van der Waals surface area contributed by atoms with Crippen LogP contribution in [0.1, 0.15) is 42.1 Å². The lowest BCUT2D eigenvalue weighted by molar-refractivity contribution is -0.143. The first kappa shape index (κ1) is 17.0. The Labute approximate surface area is 125 Å². The molecule has 0 radical (unpaired) electrons. The van der Waals surface area contributed by atoms with Crippen molar-refractivity contribution in [1.29, 1.82) is 0 Å². The van der Waals surface area contributed by atoms with Gasteiger partial charge in [-0.1, -0.05) is 6.07 Å². The molecule has 1 rings (SSSR count). The van der Waals surface area contributed by atoms with Gasteiger partial charge in [0.25, 0.3) is 0 Å². The quantitative estimate of drug-likeness (QED) is 0.545. The van der Waals surface area contributed by atoms with E-state index in [1.165, 1.54) is 7.11 Å². The second-order valence-electron chi connectivity index (χ2n) is 4.58. The SMILES string of the molecule is CCOC(=O)CCCCOc1ccc(C)c(C(=O)OC)c1. The highest BCUT2D eigenvalue weighted by Gasteiger charge is 2.10. The highest BCUT2D eigenvalue weighted by molar-refractivity contribution is 5.91. The van der Waals surface area contributed by atoms with E-state index >= 15 is 0 Å². The number of carbonyl (C=O) groups excluding carboxylic acids is 2. The fourth-order valence-corrected chi connectivity index (χ4v) is 1.82. The summed E-state index contributed by atoms with van der Waals surface area (Å²) in [4.78, 5) is 22.7. The molecular weight excluding hydrogens is 272 g/mol. The Morgan fingerprint density at radius 2 is 1.95 bits per heavy atom. The number of carbonyl (C=O) groups is 2. The first-order valence-electron chi connectivity index (χ1n) is 7.05. The van der Waals surface area contributed by atoms with E-state index in [1.54, 1.807) is 13.0 Å². The smallest absolute Gasteiger partial charge is 0.338 e. The topological polar surface area (TPSA) is 61.8 Å². The summed E-state index contributed by atoms with van der Waals surface area (Å²) in [7, 11) is 1.35. The molecule has 0 saturated carbocycles. The summed E-state index contributed by atoms with van der Waals surface area (Å²) in [5.41, 5.74) is 1.35. The second kappa shape index (κ2) is 9.00. The van der Waals surface area contributed by atoms with Crippen LogP contribution >= 0.6 is 0 Å². The average molecular weight is 294 g/mol. The van der Waals surface area contributed by atoms with E-state index < -0.39 is 0 Å². The minimum atomic E-state index is -0.375. The molecule has 21 heavy (non-hydrogen) atoms. The number of hydrogen-bond donors (Lipinski definition) is 0. The third-order valence-corrected chi connectivity index (χ3v) is 2.96. The zero-order valence-electron chi connectivity index (χ0n) is 12.8. The lowest BCUT2D eigenvalue weighted by atomic mass is 10.1. The molecule has 0 amide bonds. The molecule has 0 fully saturated rings. The van der Waals surface area contributed by atoms with E-state index in [0.29, 0.717) is 37.4 Å². The van der Waals surface area contributed by atoms with E-state index in [2.05, 4.69) is 0 Å². The van der Waals surface area contributed by atoms with Gasteiger partial charge >= 0.3 is 11.9 Å². The number of rotatable bonds is 8. The summed E-state index contributed by atoms with van der Waals surface area (Å²) in [6.45, 7) is 4.53. The average Bonchev–Trinajstić information content (AvgIpc) is 2.48. The normalized spacial score (nSPS) is 10.0. The molecule has 1 aromatic rings. The van der Waals surface area contributed by atoms with Gasteiger partial charge in [-0.25, -0.2) is 4.79 Å². The van der Waals surface area contributed by atoms with Crippen LogP contribution in [0.3, 0.4) is 0 Å². The second-order valence-corrected chi connectivity index (χ2v) is 4.58. The van der Waals surface area contributed by atoms with Crippen LogP contribution < -0.4 is 4.74 Å². The van der Waals surface area contributed by atoms with Gasteiger partial charge in [0, 0.05) is 6.42 Å². The first-order valence-corrected chi connectivity index (χ1v) is 7.05. The molecule has 0 bridgehead atoms. The maximum Gasteiger partial charge on any atom is 0.338 e. The standard InChI is InChI=1S/C16H22O5/c1-4-20-15(17)7-5-6-10-21-13-9-8-12(2)14(11-13)16(18)19-3/h8-9,11H,4-7,10H2,1-3H3. The number of hydrogen-bond acceptors (Lipinski definition) is 5.